The SMILES string of the molecule is NC(=O)CCC(NC(=O)C(N)Cc1ccc(O)cc1)C(=O)NC(CC(=O)O)C(=O)O. The highest BCUT2D eigenvalue weighted by Crippen LogP contribution is 2.11. The van der Waals surface area contributed by atoms with E-state index in [2.05, 4.69) is 5.32 Å². The first-order valence-electron chi connectivity index (χ1n) is 8.86. The highest BCUT2D eigenvalue weighted by atomic mass is 16.4. The summed E-state index contributed by atoms with van der Waals surface area (Å²) >= 11 is 0. The maximum Gasteiger partial charge on any atom is 0.326 e. The van der Waals surface area contributed by atoms with E-state index in [4.69, 9.17) is 21.7 Å². The van der Waals surface area contributed by atoms with Gasteiger partial charge in [-0.15, -0.1) is 0 Å². The lowest BCUT2D eigenvalue weighted by atomic mass is 10.0. The Labute approximate surface area is 171 Å². The second-order valence-electron chi connectivity index (χ2n) is 6.54. The van der Waals surface area contributed by atoms with Crippen LogP contribution in [0, 0.1) is 0 Å². The molecule has 164 valence electrons. The van der Waals surface area contributed by atoms with Crippen molar-refractivity contribution < 1.29 is 39.3 Å². The molecule has 0 aliphatic rings. The van der Waals surface area contributed by atoms with Gasteiger partial charge in [0, 0.05) is 6.42 Å². The Morgan fingerprint density at radius 1 is 0.933 bits per heavy atom. The summed E-state index contributed by atoms with van der Waals surface area (Å²) in [6.45, 7) is 0. The molecule has 0 aromatic heterocycles. The molecule has 0 fully saturated rings. The average Bonchev–Trinajstić information content (AvgIpc) is 2.65. The van der Waals surface area contributed by atoms with Crippen molar-refractivity contribution in [3.05, 3.63) is 29.8 Å². The van der Waals surface area contributed by atoms with Gasteiger partial charge in [0.05, 0.1) is 12.5 Å². The van der Waals surface area contributed by atoms with Crippen LogP contribution >= 0.6 is 0 Å². The fourth-order valence-electron chi connectivity index (χ4n) is 2.46. The number of carbonyl (C=O) groups is 5. The number of rotatable bonds is 12. The molecule has 12 nitrogen and oxygen atoms in total. The van der Waals surface area contributed by atoms with Gasteiger partial charge in [0.25, 0.3) is 0 Å². The Morgan fingerprint density at radius 2 is 1.50 bits per heavy atom. The summed E-state index contributed by atoms with van der Waals surface area (Å²) in [5, 5.41) is 31.4. The van der Waals surface area contributed by atoms with Crippen LogP contribution in [0.4, 0.5) is 0 Å². The summed E-state index contributed by atoms with van der Waals surface area (Å²) in [6.07, 6.45) is -1.33. The Kier molecular flexibility index (Phi) is 9.23. The number of carbonyl (C=O) groups excluding carboxylic acids is 3. The summed E-state index contributed by atoms with van der Waals surface area (Å²) in [5.41, 5.74) is 11.5. The maximum atomic E-state index is 12.4. The van der Waals surface area contributed by atoms with Gasteiger partial charge in [0.1, 0.15) is 17.8 Å². The molecule has 9 N–H and O–H groups in total. The number of aromatic hydroxyl groups is 1. The number of amides is 3. The second-order valence-corrected chi connectivity index (χ2v) is 6.54. The number of aliphatic carboxylic acids is 2. The second kappa shape index (κ2) is 11.4. The summed E-state index contributed by atoms with van der Waals surface area (Å²) in [5.74, 6) is -5.48. The first-order chi connectivity index (χ1) is 14.0. The molecule has 3 unspecified atom stereocenters. The third-order valence-corrected chi connectivity index (χ3v) is 4.03. The highest BCUT2D eigenvalue weighted by Gasteiger charge is 2.29. The quantitative estimate of drug-likeness (QED) is 0.198. The minimum atomic E-state index is -1.73. The molecule has 1 aromatic carbocycles. The normalized spacial score (nSPS) is 13.5. The predicted molar refractivity (Wildman–Crippen MR) is 102 cm³/mol. The maximum absolute atomic E-state index is 12.4. The smallest absolute Gasteiger partial charge is 0.326 e. The molecule has 1 aromatic rings. The molecule has 0 aliphatic carbocycles. The Bertz CT molecular complexity index is 796. The lowest BCUT2D eigenvalue weighted by Gasteiger charge is -2.22. The largest absolute Gasteiger partial charge is 0.508 e. The van der Waals surface area contributed by atoms with Crippen molar-refractivity contribution in [1.82, 2.24) is 10.6 Å². The van der Waals surface area contributed by atoms with Crippen LogP contribution in [0.15, 0.2) is 24.3 Å². The van der Waals surface area contributed by atoms with Gasteiger partial charge >= 0.3 is 11.9 Å². The van der Waals surface area contributed by atoms with Gasteiger partial charge in [0.2, 0.25) is 17.7 Å². The van der Waals surface area contributed by atoms with E-state index in [1.165, 1.54) is 12.1 Å². The molecule has 0 radical (unpaired) electrons. The van der Waals surface area contributed by atoms with E-state index in [9.17, 15) is 29.1 Å². The number of carboxylic acids is 2. The zero-order valence-electron chi connectivity index (χ0n) is 15.9. The molecule has 0 bridgehead atoms. The van der Waals surface area contributed by atoms with Gasteiger partial charge in [-0.3, -0.25) is 19.2 Å². The van der Waals surface area contributed by atoms with Gasteiger partial charge in [-0.25, -0.2) is 4.79 Å². The molecular formula is C18H24N4O8. The van der Waals surface area contributed by atoms with E-state index in [0.717, 1.165) is 0 Å². The summed E-state index contributed by atoms with van der Waals surface area (Å²) in [4.78, 5) is 57.7. The van der Waals surface area contributed by atoms with E-state index in [1.807, 2.05) is 5.32 Å². The van der Waals surface area contributed by atoms with E-state index in [0.29, 0.717) is 5.56 Å². The van der Waals surface area contributed by atoms with Crippen LogP contribution in [0.3, 0.4) is 0 Å². The average molecular weight is 424 g/mol. The molecule has 0 saturated heterocycles. The highest BCUT2D eigenvalue weighted by molar-refractivity contribution is 5.93. The van der Waals surface area contributed by atoms with Crippen LogP contribution in [-0.4, -0.2) is 63.1 Å². The number of hydrogen-bond donors (Lipinski definition) is 7. The predicted octanol–water partition coefficient (Wildman–Crippen LogP) is -1.94. The first-order valence-corrected chi connectivity index (χ1v) is 8.86. The third-order valence-electron chi connectivity index (χ3n) is 4.03. The van der Waals surface area contributed by atoms with Crippen LogP contribution in [-0.2, 0) is 30.4 Å². The Hall–Kier alpha value is -3.67. The van der Waals surface area contributed by atoms with Gasteiger partial charge in [-0.05, 0) is 30.5 Å². The van der Waals surface area contributed by atoms with Crippen molar-refractivity contribution in [1.29, 1.82) is 0 Å². The fraction of sp³-hybridized carbons (Fsp3) is 0.389. The lowest BCUT2D eigenvalue weighted by Crippen LogP contribution is -2.55. The first kappa shape index (κ1) is 24.4. The van der Waals surface area contributed by atoms with Crippen LogP contribution < -0.4 is 22.1 Å². The molecule has 0 aliphatic heterocycles. The number of benzene rings is 1. The molecular weight excluding hydrogens is 400 g/mol. The van der Waals surface area contributed by atoms with Gasteiger partial charge < -0.3 is 37.4 Å². The molecule has 12 heteroatoms. The van der Waals surface area contributed by atoms with Gasteiger partial charge in [-0.1, -0.05) is 12.1 Å². The van der Waals surface area contributed by atoms with E-state index in [-0.39, 0.29) is 25.0 Å². The van der Waals surface area contributed by atoms with Crippen molar-refractivity contribution in [3.63, 3.8) is 0 Å². The number of nitrogens with one attached hydrogen (secondary N) is 2. The number of carboxylic acid groups (broad SMARTS) is 2. The lowest BCUT2D eigenvalue weighted by molar-refractivity contribution is -0.147. The Balaban J connectivity index is 2.84. The topological polar surface area (TPSA) is 222 Å². The molecule has 0 saturated carbocycles. The van der Waals surface area contributed by atoms with Gasteiger partial charge in [-0.2, -0.15) is 0 Å². The summed E-state index contributed by atoms with van der Waals surface area (Å²) in [6, 6.07) is 1.77. The molecule has 30 heavy (non-hydrogen) atoms. The monoisotopic (exact) mass is 424 g/mol. The number of primary amides is 1. The summed E-state index contributed by atoms with van der Waals surface area (Å²) in [7, 11) is 0. The standard InChI is InChI=1S/C18H24N4O8/c19-11(7-9-1-3-10(23)4-2-9)16(27)21-12(5-6-14(20)24)17(28)22-13(18(29)30)8-15(25)26/h1-4,11-13,23H,5-8,19H2,(H2,20,24)(H,21,27)(H,22,28)(H,25,26)(H,29,30). The molecule has 3 atom stereocenters. The van der Waals surface area contributed by atoms with Crippen molar-refractivity contribution in [3.8, 4) is 5.75 Å². The molecule has 0 heterocycles. The zero-order valence-corrected chi connectivity index (χ0v) is 15.9. The van der Waals surface area contributed by atoms with Crippen molar-refractivity contribution >= 4 is 29.7 Å². The van der Waals surface area contributed by atoms with Crippen molar-refractivity contribution in [2.45, 2.75) is 43.8 Å². The fourth-order valence-corrected chi connectivity index (χ4v) is 2.46. The minimum Gasteiger partial charge on any atom is -0.508 e. The minimum absolute atomic E-state index is 0.0364. The van der Waals surface area contributed by atoms with E-state index >= 15 is 0 Å². The zero-order chi connectivity index (χ0) is 22.8. The number of nitrogens with two attached hydrogens (primary N) is 2. The van der Waals surface area contributed by atoms with Crippen LogP contribution in [0.2, 0.25) is 0 Å². The Morgan fingerprint density at radius 3 is 2.00 bits per heavy atom. The van der Waals surface area contributed by atoms with Crippen LogP contribution in [0.1, 0.15) is 24.8 Å². The molecule has 3 amide bonds. The number of hydrogen-bond acceptors (Lipinski definition) is 7. The van der Waals surface area contributed by atoms with E-state index in [1.54, 1.807) is 12.1 Å². The molecule has 1 rings (SSSR count). The van der Waals surface area contributed by atoms with Gasteiger partial charge in [0.15, 0.2) is 0 Å². The number of phenolic OH excluding ortho intramolecular Hbond substituents is 1. The summed E-state index contributed by atoms with van der Waals surface area (Å²) < 4.78 is 0. The van der Waals surface area contributed by atoms with Crippen molar-refractivity contribution in [2.24, 2.45) is 11.5 Å². The van der Waals surface area contributed by atoms with E-state index < -0.39 is 54.2 Å². The third kappa shape index (κ3) is 8.56. The number of phenols is 1. The van der Waals surface area contributed by atoms with Crippen LogP contribution in [0.25, 0.3) is 0 Å². The molecule has 0 spiro atoms. The van der Waals surface area contributed by atoms with Crippen molar-refractivity contribution in [2.75, 3.05) is 0 Å². The van der Waals surface area contributed by atoms with Crippen LogP contribution in [0.5, 0.6) is 5.75 Å².